The van der Waals surface area contributed by atoms with Gasteiger partial charge in [0, 0.05) is 17.0 Å². The van der Waals surface area contributed by atoms with Crippen molar-refractivity contribution in [1.82, 2.24) is 9.97 Å². The van der Waals surface area contributed by atoms with Crippen molar-refractivity contribution < 1.29 is 4.74 Å². The van der Waals surface area contributed by atoms with E-state index in [1.807, 2.05) is 38.1 Å². The summed E-state index contributed by atoms with van der Waals surface area (Å²) < 4.78 is 5.45. The van der Waals surface area contributed by atoms with Gasteiger partial charge in [-0.15, -0.1) is 0 Å². The van der Waals surface area contributed by atoms with Crippen LogP contribution in [-0.4, -0.2) is 16.6 Å². The highest BCUT2D eigenvalue weighted by molar-refractivity contribution is 6.30. The molecule has 0 aliphatic carbocycles. The second-order valence-corrected chi connectivity index (χ2v) is 5.32. The molecule has 0 bridgehead atoms. The van der Waals surface area contributed by atoms with Crippen molar-refractivity contribution in [2.24, 2.45) is 0 Å². The molecular weight excluding hydrogens is 272 g/mol. The minimum absolute atomic E-state index is 0.245. The molecule has 106 valence electrons. The normalized spacial score (nSPS) is 10.9. The van der Waals surface area contributed by atoms with Crippen LogP contribution < -0.4 is 4.74 Å². The average Bonchev–Trinajstić information content (AvgIpc) is 2.43. The second-order valence-electron chi connectivity index (χ2n) is 4.96. The van der Waals surface area contributed by atoms with Gasteiger partial charge >= 0.3 is 0 Å². The van der Waals surface area contributed by atoms with E-state index in [0.29, 0.717) is 11.8 Å². The topological polar surface area (TPSA) is 35.0 Å². The number of aromatic nitrogens is 2. The SMILES string of the molecule is CCOc1ccc(-c2nc(C(C)C)nc(Cl)c2C)cc1. The molecule has 2 rings (SSSR count). The monoisotopic (exact) mass is 290 g/mol. The molecule has 0 fully saturated rings. The zero-order valence-electron chi connectivity index (χ0n) is 12.3. The van der Waals surface area contributed by atoms with E-state index < -0.39 is 0 Å². The van der Waals surface area contributed by atoms with Crippen LogP contribution in [0.1, 0.15) is 38.1 Å². The fourth-order valence-corrected chi connectivity index (χ4v) is 2.10. The summed E-state index contributed by atoms with van der Waals surface area (Å²) in [5, 5.41) is 0.521. The van der Waals surface area contributed by atoms with E-state index in [9.17, 15) is 0 Å². The number of rotatable bonds is 4. The lowest BCUT2D eigenvalue weighted by Crippen LogP contribution is -2.02. The van der Waals surface area contributed by atoms with Crippen LogP contribution in [0.5, 0.6) is 5.75 Å². The molecule has 0 aliphatic heterocycles. The number of ether oxygens (including phenoxy) is 1. The van der Waals surface area contributed by atoms with E-state index in [2.05, 4.69) is 23.8 Å². The number of benzene rings is 1. The molecule has 1 aromatic carbocycles. The third-order valence-corrected chi connectivity index (χ3v) is 3.43. The largest absolute Gasteiger partial charge is 0.494 e. The Morgan fingerprint density at radius 1 is 1.15 bits per heavy atom. The molecule has 0 saturated carbocycles. The lowest BCUT2D eigenvalue weighted by Gasteiger charge is -2.12. The zero-order valence-corrected chi connectivity index (χ0v) is 13.0. The van der Waals surface area contributed by atoms with Crippen molar-refractivity contribution in [2.75, 3.05) is 6.61 Å². The van der Waals surface area contributed by atoms with Gasteiger partial charge in [0.1, 0.15) is 16.7 Å². The van der Waals surface area contributed by atoms with Gasteiger partial charge in [0.15, 0.2) is 0 Å². The summed E-state index contributed by atoms with van der Waals surface area (Å²) in [6, 6.07) is 7.90. The molecule has 20 heavy (non-hydrogen) atoms. The Kier molecular flexibility index (Phi) is 4.61. The van der Waals surface area contributed by atoms with E-state index >= 15 is 0 Å². The summed E-state index contributed by atoms with van der Waals surface area (Å²) >= 11 is 6.22. The first kappa shape index (κ1) is 14.8. The van der Waals surface area contributed by atoms with Crippen LogP contribution in [0.4, 0.5) is 0 Å². The van der Waals surface area contributed by atoms with E-state index in [0.717, 1.165) is 28.4 Å². The molecule has 0 unspecified atom stereocenters. The average molecular weight is 291 g/mol. The van der Waals surface area contributed by atoms with Crippen LogP contribution in [0.3, 0.4) is 0 Å². The Morgan fingerprint density at radius 3 is 2.35 bits per heavy atom. The standard InChI is InChI=1S/C16H19ClN2O/c1-5-20-13-8-6-12(7-9-13)14-11(4)15(17)19-16(18-14)10(2)3/h6-10H,5H2,1-4H3. The molecule has 0 radical (unpaired) electrons. The molecule has 1 heterocycles. The molecule has 4 heteroatoms. The van der Waals surface area contributed by atoms with E-state index in [1.165, 1.54) is 0 Å². The van der Waals surface area contributed by atoms with Crippen LogP contribution in [0.2, 0.25) is 5.15 Å². The maximum Gasteiger partial charge on any atom is 0.136 e. The lowest BCUT2D eigenvalue weighted by atomic mass is 10.1. The van der Waals surface area contributed by atoms with Crippen molar-refractivity contribution in [3.8, 4) is 17.0 Å². The second kappa shape index (κ2) is 6.23. The predicted octanol–water partition coefficient (Wildman–Crippen LogP) is 4.63. The van der Waals surface area contributed by atoms with Gasteiger partial charge < -0.3 is 4.74 Å². The van der Waals surface area contributed by atoms with Gasteiger partial charge in [-0.25, -0.2) is 9.97 Å². The van der Waals surface area contributed by atoms with Crippen LogP contribution in [0, 0.1) is 6.92 Å². The molecule has 0 saturated heterocycles. The van der Waals surface area contributed by atoms with Gasteiger partial charge in [-0.05, 0) is 38.1 Å². The molecule has 1 aromatic heterocycles. The van der Waals surface area contributed by atoms with E-state index in [1.54, 1.807) is 0 Å². The van der Waals surface area contributed by atoms with Crippen molar-refractivity contribution in [2.45, 2.75) is 33.6 Å². The third kappa shape index (κ3) is 3.10. The van der Waals surface area contributed by atoms with Crippen molar-refractivity contribution in [1.29, 1.82) is 0 Å². The molecule has 0 aliphatic rings. The fourth-order valence-electron chi connectivity index (χ4n) is 1.92. The molecular formula is C16H19ClN2O. The maximum absolute atomic E-state index is 6.22. The van der Waals surface area contributed by atoms with Gasteiger partial charge in [-0.3, -0.25) is 0 Å². The van der Waals surface area contributed by atoms with Gasteiger partial charge in [0.05, 0.1) is 12.3 Å². The minimum atomic E-state index is 0.245. The summed E-state index contributed by atoms with van der Waals surface area (Å²) in [7, 11) is 0. The smallest absolute Gasteiger partial charge is 0.136 e. The van der Waals surface area contributed by atoms with Crippen LogP contribution in [0.25, 0.3) is 11.3 Å². The van der Waals surface area contributed by atoms with Crippen molar-refractivity contribution >= 4 is 11.6 Å². The Bertz CT molecular complexity index is 594. The highest BCUT2D eigenvalue weighted by atomic mass is 35.5. The maximum atomic E-state index is 6.22. The van der Waals surface area contributed by atoms with Gasteiger partial charge in [-0.2, -0.15) is 0 Å². The summed E-state index contributed by atoms with van der Waals surface area (Å²) in [6.45, 7) is 8.69. The van der Waals surface area contributed by atoms with Gasteiger partial charge in [0.2, 0.25) is 0 Å². The zero-order chi connectivity index (χ0) is 14.7. The number of nitrogens with zero attached hydrogens (tertiary/aromatic N) is 2. The lowest BCUT2D eigenvalue weighted by molar-refractivity contribution is 0.340. The highest BCUT2D eigenvalue weighted by Gasteiger charge is 2.13. The Morgan fingerprint density at radius 2 is 1.80 bits per heavy atom. The quantitative estimate of drug-likeness (QED) is 0.770. The number of hydrogen-bond donors (Lipinski definition) is 0. The Balaban J connectivity index is 2.45. The molecule has 0 N–H and O–H groups in total. The fraction of sp³-hybridized carbons (Fsp3) is 0.375. The first-order chi connectivity index (χ1) is 9.52. The first-order valence-corrected chi connectivity index (χ1v) is 7.18. The molecule has 2 aromatic rings. The molecule has 0 atom stereocenters. The van der Waals surface area contributed by atoms with Crippen LogP contribution in [0.15, 0.2) is 24.3 Å². The Hall–Kier alpha value is -1.61. The summed E-state index contributed by atoms with van der Waals surface area (Å²) in [5.74, 6) is 1.87. The molecule has 0 amide bonds. The summed E-state index contributed by atoms with van der Waals surface area (Å²) in [6.07, 6.45) is 0. The van der Waals surface area contributed by atoms with Crippen molar-refractivity contribution in [3.63, 3.8) is 0 Å². The van der Waals surface area contributed by atoms with Gasteiger partial charge in [0.25, 0.3) is 0 Å². The Labute approximate surface area is 125 Å². The molecule has 3 nitrogen and oxygen atoms in total. The van der Waals surface area contributed by atoms with Gasteiger partial charge in [-0.1, -0.05) is 25.4 Å². The van der Waals surface area contributed by atoms with Crippen molar-refractivity contribution in [3.05, 3.63) is 40.8 Å². The van der Waals surface area contributed by atoms with E-state index in [4.69, 9.17) is 16.3 Å². The summed E-state index contributed by atoms with van der Waals surface area (Å²) in [4.78, 5) is 8.98. The first-order valence-electron chi connectivity index (χ1n) is 6.80. The van der Waals surface area contributed by atoms with Crippen LogP contribution in [-0.2, 0) is 0 Å². The third-order valence-electron chi connectivity index (χ3n) is 3.06. The molecule has 0 spiro atoms. The highest BCUT2D eigenvalue weighted by Crippen LogP contribution is 2.28. The minimum Gasteiger partial charge on any atom is -0.494 e. The van der Waals surface area contributed by atoms with E-state index in [-0.39, 0.29) is 5.92 Å². The number of hydrogen-bond acceptors (Lipinski definition) is 3. The number of halogens is 1. The van der Waals surface area contributed by atoms with Crippen LogP contribution >= 0.6 is 11.6 Å². The summed E-state index contributed by atoms with van der Waals surface area (Å²) in [5.41, 5.74) is 2.81. The predicted molar refractivity (Wildman–Crippen MR) is 82.5 cm³/mol.